The van der Waals surface area contributed by atoms with Crippen molar-refractivity contribution >= 4 is 12.2 Å². The Labute approximate surface area is 76.8 Å². The molecule has 1 radical (unpaired) electrons. The van der Waals surface area contributed by atoms with Gasteiger partial charge in [0.05, 0.1) is 13.0 Å². The molecular formula is C10H10NO2. The van der Waals surface area contributed by atoms with E-state index >= 15 is 0 Å². The quantitative estimate of drug-likeness (QED) is 0.724. The summed E-state index contributed by atoms with van der Waals surface area (Å²) in [5.74, 6) is -0.158. The molecule has 0 aliphatic rings. The largest absolute Gasteiger partial charge is 0.348 e. The van der Waals surface area contributed by atoms with Crippen molar-refractivity contribution < 1.29 is 9.59 Å². The Balaban J connectivity index is 2.41. The molecule has 1 amide bonds. The monoisotopic (exact) mass is 176 g/mol. The van der Waals surface area contributed by atoms with Crippen molar-refractivity contribution in [1.29, 1.82) is 0 Å². The van der Waals surface area contributed by atoms with Gasteiger partial charge in [-0.25, -0.2) is 0 Å². The second-order valence-corrected chi connectivity index (χ2v) is 2.58. The molecule has 67 valence electrons. The van der Waals surface area contributed by atoms with Crippen LogP contribution in [-0.4, -0.2) is 18.7 Å². The number of nitrogens with one attached hydrogen (secondary N) is 1. The van der Waals surface area contributed by atoms with Crippen LogP contribution in [0.15, 0.2) is 30.3 Å². The van der Waals surface area contributed by atoms with E-state index in [0.717, 1.165) is 5.56 Å². The first-order chi connectivity index (χ1) is 6.33. The summed E-state index contributed by atoms with van der Waals surface area (Å²) in [4.78, 5) is 20.9. The summed E-state index contributed by atoms with van der Waals surface area (Å²) in [5.41, 5.74) is 0.936. The molecule has 0 saturated heterocycles. The highest BCUT2D eigenvalue weighted by molar-refractivity contribution is 5.80. The summed E-state index contributed by atoms with van der Waals surface area (Å²) >= 11 is 0. The van der Waals surface area contributed by atoms with Crippen molar-refractivity contribution in [1.82, 2.24) is 5.32 Å². The molecule has 0 bridgehead atoms. The molecule has 0 aromatic heterocycles. The van der Waals surface area contributed by atoms with E-state index in [1.165, 1.54) is 0 Å². The van der Waals surface area contributed by atoms with Gasteiger partial charge in [0.25, 0.3) is 0 Å². The molecule has 0 aliphatic carbocycles. The minimum absolute atomic E-state index is 0.0360. The van der Waals surface area contributed by atoms with Gasteiger partial charge in [0.15, 0.2) is 0 Å². The zero-order chi connectivity index (χ0) is 9.52. The van der Waals surface area contributed by atoms with Gasteiger partial charge in [-0.2, -0.15) is 0 Å². The van der Waals surface area contributed by atoms with E-state index in [0.29, 0.717) is 6.42 Å². The molecule has 0 saturated carbocycles. The van der Waals surface area contributed by atoms with Crippen LogP contribution in [0.3, 0.4) is 0 Å². The predicted molar refractivity (Wildman–Crippen MR) is 48.8 cm³/mol. The van der Waals surface area contributed by atoms with Gasteiger partial charge in [0.2, 0.25) is 12.2 Å². The smallest absolute Gasteiger partial charge is 0.224 e. The molecule has 1 aromatic rings. The van der Waals surface area contributed by atoms with Crippen molar-refractivity contribution in [2.45, 2.75) is 6.42 Å². The Morgan fingerprint density at radius 1 is 1.31 bits per heavy atom. The standard InChI is InChI=1S/C10H10NO2/c12-7-6-11-10(13)8-9-4-2-1-3-5-9/h1-5H,6,8H2,(H,11,13). The average Bonchev–Trinajstić information content (AvgIpc) is 2.16. The molecule has 13 heavy (non-hydrogen) atoms. The molecule has 0 unspecified atom stereocenters. The first-order valence-electron chi connectivity index (χ1n) is 3.98. The van der Waals surface area contributed by atoms with Crippen LogP contribution < -0.4 is 5.32 Å². The number of hydrogen-bond acceptors (Lipinski definition) is 2. The van der Waals surface area contributed by atoms with Crippen LogP contribution in [-0.2, 0) is 16.0 Å². The highest BCUT2D eigenvalue weighted by Gasteiger charge is 2.00. The van der Waals surface area contributed by atoms with E-state index < -0.39 is 0 Å². The van der Waals surface area contributed by atoms with Gasteiger partial charge in [0, 0.05) is 0 Å². The molecule has 3 heteroatoms. The van der Waals surface area contributed by atoms with Crippen LogP contribution >= 0.6 is 0 Å². The maximum absolute atomic E-state index is 11.1. The summed E-state index contributed by atoms with van der Waals surface area (Å²) in [5, 5.41) is 2.42. The Hall–Kier alpha value is -1.64. The van der Waals surface area contributed by atoms with Crippen molar-refractivity contribution in [3.8, 4) is 0 Å². The molecule has 0 aliphatic heterocycles. The van der Waals surface area contributed by atoms with Crippen LogP contribution in [0.2, 0.25) is 0 Å². The molecule has 3 nitrogen and oxygen atoms in total. The van der Waals surface area contributed by atoms with E-state index in [2.05, 4.69) is 5.32 Å². The summed E-state index contributed by atoms with van der Waals surface area (Å²) in [7, 11) is 0. The lowest BCUT2D eigenvalue weighted by Crippen LogP contribution is -2.26. The summed E-state index contributed by atoms with van der Waals surface area (Å²) in [6, 6.07) is 9.36. The number of benzene rings is 1. The van der Waals surface area contributed by atoms with E-state index in [1.54, 1.807) is 6.29 Å². The van der Waals surface area contributed by atoms with Crippen molar-refractivity contribution in [2.24, 2.45) is 0 Å². The Morgan fingerprint density at radius 3 is 2.62 bits per heavy atom. The van der Waals surface area contributed by atoms with Crippen LogP contribution in [0.4, 0.5) is 0 Å². The Bertz CT molecular complexity index is 282. The number of hydrogen-bond donors (Lipinski definition) is 1. The minimum atomic E-state index is -0.158. The van der Waals surface area contributed by atoms with E-state index in [9.17, 15) is 9.59 Å². The lowest BCUT2D eigenvalue weighted by atomic mass is 10.1. The fraction of sp³-hybridized carbons (Fsp3) is 0.200. The van der Waals surface area contributed by atoms with Crippen LogP contribution in [0, 0.1) is 0 Å². The number of carbonyl (C=O) groups excluding carboxylic acids is 2. The predicted octanol–water partition coefficient (Wildman–Crippen LogP) is 0.455. The van der Waals surface area contributed by atoms with Crippen molar-refractivity contribution in [2.75, 3.05) is 6.54 Å². The van der Waals surface area contributed by atoms with Gasteiger partial charge in [-0.05, 0) is 5.56 Å². The van der Waals surface area contributed by atoms with Gasteiger partial charge >= 0.3 is 0 Å². The number of amides is 1. The number of carbonyl (C=O) groups is 1. The van der Waals surface area contributed by atoms with Gasteiger partial charge in [-0.1, -0.05) is 30.3 Å². The lowest BCUT2D eigenvalue weighted by Gasteiger charge is -2.00. The molecule has 1 N–H and O–H groups in total. The Morgan fingerprint density at radius 2 is 2.00 bits per heavy atom. The molecule has 0 heterocycles. The van der Waals surface area contributed by atoms with E-state index in [4.69, 9.17) is 0 Å². The molecule has 0 fully saturated rings. The van der Waals surface area contributed by atoms with Gasteiger partial charge in [-0.15, -0.1) is 0 Å². The molecule has 0 spiro atoms. The van der Waals surface area contributed by atoms with Gasteiger partial charge < -0.3 is 5.32 Å². The fourth-order valence-corrected chi connectivity index (χ4v) is 0.978. The van der Waals surface area contributed by atoms with E-state index in [1.807, 2.05) is 30.3 Å². The third kappa shape index (κ3) is 3.51. The topological polar surface area (TPSA) is 46.2 Å². The van der Waals surface area contributed by atoms with E-state index in [-0.39, 0.29) is 12.5 Å². The SMILES string of the molecule is O=[C]CNC(=O)Cc1ccccc1. The van der Waals surface area contributed by atoms with Gasteiger partial charge in [-0.3, -0.25) is 9.59 Å². The molecule has 1 rings (SSSR count). The molecule has 1 aromatic carbocycles. The summed E-state index contributed by atoms with van der Waals surface area (Å²) < 4.78 is 0. The van der Waals surface area contributed by atoms with Crippen LogP contribution in [0.1, 0.15) is 5.56 Å². The number of rotatable bonds is 4. The normalized spacial score (nSPS) is 9.23. The maximum atomic E-state index is 11.1. The zero-order valence-corrected chi connectivity index (χ0v) is 7.12. The third-order valence-corrected chi connectivity index (χ3v) is 1.57. The summed E-state index contributed by atoms with van der Waals surface area (Å²) in [6.45, 7) is -0.0360. The fourth-order valence-electron chi connectivity index (χ4n) is 0.978. The average molecular weight is 176 g/mol. The second kappa shape index (κ2) is 5.09. The second-order valence-electron chi connectivity index (χ2n) is 2.58. The van der Waals surface area contributed by atoms with Crippen LogP contribution in [0.5, 0.6) is 0 Å². The molecular weight excluding hydrogens is 166 g/mol. The minimum Gasteiger partial charge on any atom is -0.348 e. The summed E-state index contributed by atoms with van der Waals surface area (Å²) in [6.07, 6.45) is 1.91. The van der Waals surface area contributed by atoms with Crippen molar-refractivity contribution in [3.05, 3.63) is 35.9 Å². The lowest BCUT2D eigenvalue weighted by molar-refractivity contribution is -0.120. The zero-order valence-electron chi connectivity index (χ0n) is 7.12. The first kappa shape index (κ1) is 9.45. The third-order valence-electron chi connectivity index (χ3n) is 1.57. The Kier molecular flexibility index (Phi) is 3.70. The van der Waals surface area contributed by atoms with Gasteiger partial charge in [0.1, 0.15) is 0 Å². The molecule has 0 atom stereocenters. The highest BCUT2D eigenvalue weighted by atomic mass is 16.2. The first-order valence-corrected chi connectivity index (χ1v) is 3.98. The van der Waals surface area contributed by atoms with Crippen LogP contribution in [0.25, 0.3) is 0 Å². The highest BCUT2D eigenvalue weighted by Crippen LogP contribution is 1.98. The van der Waals surface area contributed by atoms with Crippen molar-refractivity contribution in [3.63, 3.8) is 0 Å². The maximum Gasteiger partial charge on any atom is 0.224 e.